The van der Waals surface area contributed by atoms with E-state index >= 15 is 0 Å². The molecule has 16 heavy (non-hydrogen) atoms. The lowest BCUT2D eigenvalue weighted by Gasteiger charge is -2.19. The van der Waals surface area contributed by atoms with Crippen molar-refractivity contribution in [1.82, 2.24) is 4.90 Å². The Hall–Kier alpha value is -1.06. The normalized spacial score (nSPS) is 21.8. The number of esters is 1. The van der Waals surface area contributed by atoms with Crippen molar-refractivity contribution in [1.29, 1.82) is 0 Å². The van der Waals surface area contributed by atoms with Crippen LogP contribution in [0, 0.1) is 5.92 Å². The van der Waals surface area contributed by atoms with Crippen molar-refractivity contribution < 1.29 is 14.3 Å². The van der Waals surface area contributed by atoms with Crippen LogP contribution in [0.2, 0.25) is 0 Å². The van der Waals surface area contributed by atoms with Gasteiger partial charge in [0, 0.05) is 19.5 Å². The average molecular weight is 227 g/mol. The molecule has 0 N–H and O–H groups in total. The molecule has 92 valence electrons. The molecule has 0 spiro atoms. The van der Waals surface area contributed by atoms with Crippen LogP contribution >= 0.6 is 0 Å². The Kier molecular flexibility index (Phi) is 5.29. The third-order valence-corrected chi connectivity index (χ3v) is 2.99. The van der Waals surface area contributed by atoms with Crippen molar-refractivity contribution in [2.45, 2.75) is 39.5 Å². The quantitative estimate of drug-likeness (QED) is 0.685. The zero-order valence-corrected chi connectivity index (χ0v) is 10.2. The summed E-state index contributed by atoms with van der Waals surface area (Å²) in [6, 6.07) is 0. The van der Waals surface area contributed by atoms with E-state index in [-0.39, 0.29) is 11.9 Å². The Morgan fingerprint density at radius 2 is 2.25 bits per heavy atom. The van der Waals surface area contributed by atoms with Gasteiger partial charge in [0.05, 0.1) is 13.0 Å². The van der Waals surface area contributed by atoms with Crippen LogP contribution in [0.5, 0.6) is 0 Å². The SMILES string of the molecule is CCOC(=O)CCN1CCC(C)CCC1=O. The fourth-order valence-electron chi connectivity index (χ4n) is 1.87. The Morgan fingerprint density at radius 1 is 1.50 bits per heavy atom. The van der Waals surface area contributed by atoms with Gasteiger partial charge >= 0.3 is 5.97 Å². The summed E-state index contributed by atoms with van der Waals surface area (Å²) < 4.78 is 4.84. The number of hydrogen-bond donors (Lipinski definition) is 0. The lowest BCUT2D eigenvalue weighted by molar-refractivity contribution is -0.144. The lowest BCUT2D eigenvalue weighted by atomic mass is 10.0. The Morgan fingerprint density at radius 3 is 2.94 bits per heavy atom. The van der Waals surface area contributed by atoms with Gasteiger partial charge in [-0.1, -0.05) is 6.92 Å². The minimum Gasteiger partial charge on any atom is -0.466 e. The third-order valence-electron chi connectivity index (χ3n) is 2.99. The molecule has 1 atom stereocenters. The largest absolute Gasteiger partial charge is 0.466 e. The highest BCUT2D eigenvalue weighted by atomic mass is 16.5. The lowest BCUT2D eigenvalue weighted by Crippen LogP contribution is -2.32. The van der Waals surface area contributed by atoms with Crippen LogP contribution < -0.4 is 0 Å². The van der Waals surface area contributed by atoms with Gasteiger partial charge in [-0.25, -0.2) is 0 Å². The second-order valence-corrected chi connectivity index (χ2v) is 4.37. The van der Waals surface area contributed by atoms with Gasteiger partial charge in [-0.3, -0.25) is 9.59 Å². The van der Waals surface area contributed by atoms with Gasteiger partial charge in [0.15, 0.2) is 0 Å². The Balaban J connectivity index is 2.34. The maximum absolute atomic E-state index is 11.7. The number of nitrogens with zero attached hydrogens (tertiary/aromatic N) is 1. The van der Waals surface area contributed by atoms with E-state index in [4.69, 9.17) is 4.74 Å². The van der Waals surface area contributed by atoms with Crippen LogP contribution in [0.4, 0.5) is 0 Å². The summed E-state index contributed by atoms with van der Waals surface area (Å²) in [6.45, 7) is 5.65. The fourth-order valence-corrected chi connectivity index (χ4v) is 1.87. The molecule has 0 aliphatic carbocycles. The number of carbonyl (C=O) groups excluding carboxylic acids is 2. The molecule has 1 rings (SSSR count). The van der Waals surface area contributed by atoms with Gasteiger partial charge in [0.2, 0.25) is 5.91 Å². The van der Waals surface area contributed by atoms with Gasteiger partial charge in [0.25, 0.3) is 0 Å². The predicted octanol–water partition coefficient (Wildman–Crippen LogP) is 1.59. The van der Waals surface area contributed by atoms with Gasteiger partial charge < -0.3 is 9.64 Å². The third kappa shape index (κ3) is 4.21. The Labute approximate surface area is 96.9 Å². The summed E-state index contributed by atoms with van der Waals surface area (Å²) in [5, 5.41) is 0. The molecular formula is C12H21NO3. The molecule has 4 heteroatoms. The number of carbonyl (C=O) groups is 2. The molecule has 1 aliphatic rings. The van der Waals surface area contributed by atoms with E-state index < -0.39 is 0 Å². The van der Waals surface area contributed by atoms with Gasteiger partial charge in [-0.2, -0.15) is 0 Å². The van der Waals surface area contributed by atoms with Crippen molar-refractivity contribution >= 4 is 11.9 Å². The molecule has 0 aromatic heterocycles. The summed E-state index contributed by atoms with van der Waals surface area (Å²) in [5.41, 5.74) is 0. The second-order valence-electron chi connectivity index (χ2n) is 4.37. The minimum atomic E-state index is -0.215. The van der Waals surface area contributed by atoms with E-state index in [2.05, 4.69) is 6.92 Å². The molecule has 0 aromatic rings. The van der Waals surface area contributed by atoms with E-state index in [1.807, 2.05) is 0 Å². The smallest absolute Gasteiger partial charge is 0.307 e. The summed E-state index contributed by atoms with van der Waals surface area (Å²) in [5.74, 6) is 0.567. The highest BCUT2D eigenvalue weighted by Crippen LogP contribution is 2.17. The summed E-state index contributed by atoms with van der Waals surface area (Å²) in [4.78, 5) is 24.7. The van der Waals surface area contributed by atoms with Crippen LogP contribution in [-0.2, 0) is 14.3 Å². The Bertz CT molecular complexity index is 253. The maximum atomic E-state index is 11.7. The number of ether oxygens (including phenoxy) is 1. The van der Waals surface area contributed by atoms with Crippen LogP contribution in [0.3, 0.4) is 0 Å². The molecule has 0 bridgehead atoms. The predicted molar refractivity (Wildman–Crippen MR) is 60.8 cm³/mol. The van der Waals surface area contributed by atoms with E-state index in [9.17, 15) is 9.59 Å². The highest BCUT2D eigenvalue weighted by molar-refractivity contribution is 5.77. The van der Waals surface area contributed by atoms with E-state index in [0.717, 1.165) is 19.4 Å². The van der Waals surface area contributed by atoms with E-state index in [1.165, 1.54) is 0 Å². The van der Waals surface area contributed by atoms with Crippen molar-refractivity contribution in [2.24, 2.45) is 5.92 Å². The first-order valence-electron chi connectivity index (χ1n) is 6.07. The van der Waals surface area contributed by atoms with Crippen molar-refractivity contribution in [2.75, 3.05) is 19.7 Å². The first-order valence-corrected chi connectivity index (χ1v) is 6.07. The van der Waals surface area contributed by atoms with E-state index in [1.54, 1.807) is 11.8 Å². The highest BCUT2D eigenvalue weighted by Gasteiger charge is 2.20. The second kappa shape index (κ2) is 6.51. The molecule has 1 fully saturated rings. The monoisotopic (exact) mass is 227 g/mol. The van der Waals surface area contributed by atoms with Crippen LogP contribution in [0.1, 0.15) is 39.5 Å². The number of hydrogen-bond acceptors (Lipinski definition) is 3. The molecule has 0 radical (unpaired) electrons. The molecule has 1 saturated heterocycles. The molecule has 1 unspecified atom stereocenters. The van der Waals surface area contributed by atoms with E-state index in [0.29, 0.717) is 31.9 Å². The zero-order chi connectivity index (χ0) is 12.0. The minimum absolute atomic E-state index is 0.175. The van der Waals surface area contributed by atoms with Crippen LogP contribution in [0.15, 0.2) is 0 Å². The number of amides is 1. The average Bonchev–Trinajstić information content (AvgIpc) is 2.40. The molecule has 1 heterocycles. The molecule has 4 nitrogen and oxygen atoms in total. The molecule has 1 amide bonds. The van der Waals surface area contributed by atoms with Gasteiger partial charge in [-0.05, 0) is 25.7 Å². The standard InChI is InChI=1S/C12H21NO3/c1-3-16-12(15)7-9-13-8-6-10(2)4-5-11(13)14/h10H,3-9H2,1-2H3. The molecule has 0 aromatic carbocycles. The zero-order valence-electron chi connectivity index (χ0n) is 10.2. The summed E-state index contributed by atoms with van der Waals surface area (Å²) in [6.07, 6.45) is 2.93. The van der Waals surface area contributed by atoms with Crippen molar-refractivity contribution in [3.63, 3.8) is 0 Å². The fraction of sp³-hybridized carbons (Fsp3) is 0.833. The van der Waals surface area contributed by atoms with Crippen LogP contribution in [-0.4, -0.2) is 36.5 Å². The van der Waals surface area contributed by atoms with Crippen molar-refractivity contribution in [3.05, 3.63) is 0 Å². The molecular weight excluding hydrogens is 206 g/mol. The molecule has 1 aliphatic heterocycles. The summed E-state index contributed by atoms with van der Waals surface area (Å²) in [7, 11) is 0. The number of likely N-dealkylation sites (tertiary alicyclic amines) is 1. The first kappa shape index (κ1) is 13.0. The first-order chi connectivity index (χ1) is 7.63. The van der Waals surface area contributed by atoms with Gasteiger partial charge in [0.1, 0.15) is 0 Å². The van der Waals surface area contributed by atoms with Gasteiger partial charge in [-0.15, -0.1) is 0 Å². The maximum Gasteiger partial charge on any atom is 0.307 e. The number of rotatable bonds is 4. The topological polar surface area (TPSA) is 46.6 Å². The summed E-state index contributed by atoms with van der Waals surface area (Å²) >= 11 is 0. The van der Waals surface area contributed by atoms with Crippen molar-refractivity contribution in [3.8, 4) is 0 Å². The van der Waals surface area contributed by atoms with Crippen LogP contribution in [0.25, 0.3) is 0 Å². The molecule has 0 saturated carbocycles.